The molecule has 0 atom stereocenters. The second-order valence-electron chi connectivity index (χ2n) is 7.50. The summed E-state index contributed by atoms with van der Waals surface area (Å²) in [5, 5.41) is 16.2. The normalized spacial score (nSPS) is 11.4. The van der Waals surface area contributed by atoms with Crippen molar-refractivity contribution in [2.75, 3.05) is 0 Å². The number of carbonyl (C=O) groups is 1. The van der Waals surface area contributed by atoms with Gasteiger partial charge in [-0.05, 0) is 45.9 Å². The summed E-state index contributed by atoms with van der Waals surface area (Å²) in [5.41, 5.74) is 0.284. The molecule has 1 heterocycles. The molecule has 0 unspecified atom stereocenters. The van der Waals surface area contributed by atoms with Crippen LogP contribution in [0.25, 0.3) is 0 Å². The number of aromatic nitrogens is 2. The van der Waals surface area contributed by atoms with Crippen LogP contribution in [0.4, 0.5) is 5.69 Å². The second-order valence-corrected chi connectivity index (χ2v) is 8.96. The van der Waals surface area contributed by atoms with E-state index in [2.05, 4.69) is 5.10 Å². The molecule has 0 N–H and O–H groups in total. The lowest BCUT2D eigenvalue weighted by Crippen LogP contribution is -2.25. The molecule has 30 heavy (non-hydrogen) atoms. The number of para-hydroxylation sites is 1. The van der Waals surface area contributed by atoms with Gasteiger partial charge < -0.3 is 4.74 Å². The number of carbonyl (C=O) groups excluding carboxylic acids is 1. The van der Waals surface area contributed by atoms with Crippen LogP contribution >= 0.6 is 23.4 Å². The predicted octanol–water partition coefficient (Wildman–Crippen LogP) is 5.88. The van der Waals surface area contributed by atoms with Gasteiger partial charge in [0.2, 0.25) is 5.88 Å². The van der Waals surface area contributed by atoms with Crippen LogP contribution in [-0.2, 0) is 5.54 Å². The molecule has 7 nitrogen and oxygen atoms in total. The smallest absolute Gasteiger partial charge is 0.346 e. The van der Waals surface area contributed by atoms with Crippen molar-refractivity contribution in [1.82, 2.24) is 9.78 Å². The SMILES string of the molecule is Cc1nn(C(C)(C)C)c(OC(=O)c2ccccc2Cl)c1Sc1ccccc1[N+](=O)[O-]. The van der Waals surface area contributed by atoms with Crippen molar-refractivity contribution in [3.05, 3.63) is 74.9 Å². The number of aryl methyl sites for hydroxylation is 1. The van der Waals surface area contributed by atoms with Crippen LogP contribution in [0.2, 0.25) is 5.02 Å². The van der Waals surface area contributed by atoms with Crippen LogP contribution in [-0.4, -0.2) is 20.7 Å². The maximum atomic E-state index is 12.8. The molecule has 0 fully saturated rings. The summed E-state index contributed by atoms with van der Waals surface area (Å²) in [6, 6.07) is 13.0. The molecule has 0 saturated carbocycles. The fraction of sp³-hybridized carbons (Fsp3) is 0.238. The van der Waals surface area contributed by atoms with E-state index in [1.165, 1.54) is 6.07 Å². The quantitative estimate of drug-likeness (QED) is 0.277. The third-order valence-electron chi connectivity index (χ3n) is 4.16. The van der Waals surface area contributed by atoms with Crippen LogP contribution in [0.1, 0.15) is 36.8 Å². The summed E-state index contributed by atoms with van der Waals surface area (Å²) < 4.78 is 7.36. The van der Waals surface area contributed by atoms with Crippen LogP contribution in [0.15, 0.2) is 58.3 Å². The first kappa shape index (κ1) is 21.9. The number of nitrogens with zero attached hydrogens (tertiary/aromatic N) is 3. The van der Waals surface area contributed by atoms with Crippen LogP contribution in [0, 0.1) is 17.0 Å². The first-order valence-electron chi connectivity index (χ1n) is 9.07. The molecule has 0 amide bonds. The Kier molecular flexibility index (Phi) is 6.19. The maximum Gasteiger partial charge on any atom is 0.346 e. The van der Waals surface area contributed by atoms with Gasteiger partial charge in [0, 0.05) is 6.07 Å². The van der Waals surface area contributed by atoms with E-state index in [4.69, 9.17) is 16.3 Å². The summed E-state index contributed by atoms with van der Waals surface area (Å²) in [6.07, 6.45) is 0. The molecule has 0 bridgehead atoms. The molecule has 0 radical (unpaired) electrons. The number of benzene rings is 2. The standard InChI is InChI=1S/C21H20ClN3O4S/c1-13-18(30-17-12-8-7-11-16(17)25(27)28)19(24(23-13)21(2,3)4)29-20(26)14-9-5-6-10-15(14)22/h5-12H,1-4H3. The highest BCUT2D eigenvalue weighted by Crippen LogP contribution is 2.43. The maximum absolute atomic E-state index is 12.8. The molecule has 0 aliphatic heterocycles. The van der Waals surface area contributed by atoms with Gasteiger partial charge in [-0.3, -0.25) is 10.1 Å². The molecule has 156 valence electrons. The number of hydrogen-bond acceptors (Lipinski definition) is 6. The largest absolute Gasteiger partial charge is 0.403 e. The Morgan fingerprint density at radius 1 is 1.17 bits per heavy atom. The topological polar surface area (TPSA) is 87.3 Å². The minimum Gasteiger partial charge on any atom is -0.403 e. The highest BCUT2D eigenvalue weighted by Gasteiger charge is 2.29. The van der Waals surface area contributed by atoms with Crippen molar-refractivity contribution in [2.45, 2.75) is 43.0 Å². The fourth-order valence-electron chi connectivity index (χ4n) is 2.73. The summed E-state index contributed by atoms with van der Waals surface area (Å²) in [7, 11) is 0. The molecular formula is C21H20ClN3O4S. The zero-order valence-electron chi connectivity index (χ0n) is 16.9. The lowest BCUT2D eigenvalue weighted by molar-refractivity contribution is -0.387. The number of esters is 1. The number of halogens is 1. The average Bonchev–Trinajstić information content (AvgIpc) is 2.98. The fourth-order valence-corrected chi connectivity index (χ4v) is 3.96. The van der Waals surface area contributed by atoms with E-state index >= 15 is 0 Å². The monoisotopic (exact) mass is 445 g/mol. The molecule has 2 aromatic carbocycles. The van der Waals surface area contributed by atoms with Crippen molar-refractivity contribution < 1.29 is 14.5 Å². The molecule has 0 aliphatic carbocycles. The van der Waals surface area contributed by atoms with E-state index in [0.29, 0.717) is 15.5 Å². The molecule has 0 saturated heterocycles. The van der Waals surface area contributed by atoms with Crippen LogP contribution < -0.4 is 4.74 Å². The van der Waals surface area contributed by atoms with Gasteiger partial charge >= 0.3 is 5.97 Å². The van der Waals surface area contributed by atoms with Gasteiger partial charge in [0.15, 0.2) is 0 Å². The van der Waals surface area contributed by atoms with Crippen molar-refractivity contribution in [1.29, 1.82) is 0 Å². The number of rotatable bonds is 5. The van der Waals surface area contributed by atoms with E-state index in [9.17, 15) is 14.9 Å². The summed E-state index contributed by atoms with van der Waals surface area (Å²) >= 11 is 7.28. The number of nitro groups is 1. The minimum absolute atomic E-state index is 0.0335. The van der Waals surface area contributed by atoms with E-state index in [1.54, 1.807) is 54.1 Å². The third kappa shape index (κ3) is 4.49. The molecule has 1 aromatic heterocycles. The molecule has 0 spiro atoms. The Balaban J connectivity index is 2.09. The zero-order valence-corrected chi connectivity index (χ0v) is 18.5. The zero-order chi connectivity index (χ0) is 22.1. The van der Waals surface area contributed by atoms with E-state index < -0.39 is 16.4 Å². The first-order chi connectivity index (χ1) is 14.1. The van der Waals surface area contributed by atoms with Gasteiger partial charge in [-0.15, -0.1) is 0 Å². The summed E-state index contributed by atoms with van der Waals surface area (Å²) in [6.45, 7) is 7.54. The average molecular weight is 446 g/mol. The Morgan fingerprint density at radius 2 is 1.80 bits per heavy atom. The Hall–Kier alpha value is -2.84. The number of nitro benzene ring substituents is 1. The van der Waals surface area contributed by atoms with Gasteiger partial charge in [0.25, 0.3) is 5.69 Å². The molecule has 9 heteroatoms. The first-order valence-corrected chi connectivity index (χ1v) is 10.3. The Morgan fingerprint density at radius 3 is 2.43 bits per heavy atom. The second kappa shape index (κ2) is 8.49. The Labute approximate surface area is 183 Å². The molecule has 3 aromatic rings. The third-order valence-corrected chi connectivity index (χ3v) is 5.73. The van der Waals surface area contributed by atoms with Crippen LogP contribution in [0.3, 0.4) is 0 Å². The molecule has 3 rings (SSSR count). The highest BCUT2D eigenvalue weighted by atomic mass is 35.5. The lowest BCUT2D eigenvalue weighted by atomic mass is 10.1. The highest BCUT2D eigenvalue weighted by molar-refractivity contribution is 7.99. The summed E-state index contributed by atoms with van der Waals surface area (Å²) in [4.78, 5) is 24.8. The number of hydrogen-bond donors (Lipinski definition) is 0. The lowest BCUT2D eigenvalue weighted by Gasteiger charge is -2.22. The van der Waals surface area contributed by atoms with Gasteiger partial charge in [-0.1, -0.05) is 47.6 Å². The predicted molar refractivity (Wildman–Crippen MR) is 116 cm³/mol. The van der Waals surface area contributed by atoms with Crippen molar-refractivity contribution in [3.63, 3.8) is 0 Å². The molecular weight excluding hydrogens is 426 g/mol. The van der Waals surface area contributed by atoms with Gasteiger partial charge in [-0.2, -0.15) is 5.10 Å². The summed E-state index contributed by atoms with van der Waals surface area (Å²) in [5.74, 6) is -0.413. The number of ether oxygens (including phenoxy) is 1. The minimum atomic E-state index is -0.629. The van der Waals surface area contributed by atoms with Crippen molar-refractivity contribution >= 4 is 35.0 Å². The van der Waals surface area contributed by atoms with Crippen LogP contribution in [0.5, 0.6) is 5.88 Å². The van der Waals surface area contributed by atoms with Gasteiger partial charge in [-0.25, -0.2) is 9.48 Å². The van der Waals surface area contributed by atoms with Gasteiger partial charge in [0.1, 0.15) is 0 Å². The van der Waals surface area contributed by atoms with E-state index in [-0.39, 0.29) is 22.2 Å². The van der Waals surface area contributed by atoms with E-state index in [0.717, 1.165) is 11.8 Å². The van der Waals surface area contributed by atoms with Crippen molar-refractivity contribution in [3.8, 4) is 5.88 Å². The van der Waals surface area contributed by atoms with E-state index in [1.807, 2.05) is 20.8 Å². The molecule has 0 aliphatic rings. The van der Waals surface area contributed by atoms with Crippen molar-refractivity contribution in [2.24, 2.45) is 0 Å². The van der Waals surface area contributed by atoms with Gasteiger partial charge in [0.05, 0.1) is 36.5 Å². The Bertz CT molecular complexity index is 1120.